The van der Waals surface area contributed by atoms with Crippen molar-refractivity contribution in [3.63, 3.8) is 0 Å². The van der Waals surface area contributed by atoms with Gasteiger partial charge in [-0.1, -0.05) is 42.0 Å². The molecule has 0 amide bonds. The Bertz CT molecular complexity index is 1330. The molecule has 0 spiro atoms. The Labute approximate surface area is 261 Å². The second kappa shape index (κ2) is 16.4. The number of aryl methyl sites for hydroxylation is 1. The minimum Gasteiger partial charge on any atom is -0.507 e. The molecule has 226 valence electrons. The Morgan fingerprint density at radius 3 is 1.09 bits per heavy atom. The van der Waals surface area contributed by atoms with Crippen molar-refractivity contribution in [2.45, 2.75) is 45.7 Å². The zero-order chi connectivity index (χ0) is 30.4. The minimum absolute atomic E-state index is 0.386. The number of aromatic nitrogens is 4. The van der Waals surface area contributed by atoms with E-state index in [1.807, 2.05) is 73.3 Å². The third-order valence-electron chi connectivity index (χ3n) is 7.84. The molecule has 5 rings (SSSR count). The van der Waals surface area contributed by atoms with E-state index in [1.54, 1.807) is 0 Å². The van der Waals surface area contributed by atoms with Gasteiger partial charge >= 0.3 is 0 Å². The van der Waals surface area contributed by atoms with Gasteiger partial charge in [-0.2, -0.15) is 0 Å². The molecule has 0 aliphatic carbocycles. The lowest BCUT2D eigenvalue weighted by Crippen LogP contribution is -2.30. The van der Waals surface area contributed by atoms with E-state index in [2.05, 4.69) is 73.1 Å². The third kappa shape index (κ3) is 9.79. The predicted octanol–water partition coefficient (Wildman–Crippen LogP) is 5.86. The number of hydrogen-bond acceptors (Lipinski definition) is 7. The lowest BCUT2D eigenvalue weighted by molar-refractivity contribution is 0.258. The third-order valence-corrected chi connectivity index (χ3v) is 7.84. The second-order valence-corrected chi connectivity index (χ2v) is 11.3. The Morgan fingerprint density at radius 2 is 0.818 bits per heavy atom. The van der Waals surface area contributed by atoms with Crippen molar-refractivity contribution in [1.82, 2.24) is 29.7 Å². The van der Waals surface area contributed by atoms with Gasteiger partial charge in [0.05, 0.1) is 0 Å². The molecule has 7 heteroatoms. The number of phenolic OH excluding ortho intramolecular Hbond substituents is 1. The molecule has 0 unspecified atom stereocenters. The van der Waals surface area contributed by atoms with Crippen LogP contribution in [0.1, 0.15) is 39.5 Å². The standard InChI is InChI=1S/C37H42N6O/c1-30-26-31(28-42(22-14-33-10-2-6-18-38-33)23-15-34-11-3-7-19-39-34)37(44)32(27-30)29-43(24-16-35-12-4-8-20-40-35)25-17-36-13-5-9-21-41-36/h2-13,18-21,26-27,44H,14-17,22-25,28-29H2,1H3. The van der Waals surface area contributed by atoms with Gasteiger partial charge < -0.3 is 5.11 Å². The van der Waals surface area contributed by atoms with Crippen LogP contribution in [0, 0.1) is 6.92 Å². The van der Waals surface area contributed by atoms with Crippen LogP contribution in [0.15, 0.2) is 110 Å². The summed E-state index contributed by atoms with van der Waals surface area (Å²) in [6.45, 7) is 6.79. The van der Waals surface area contributed by atoms with Crippen LogP contribution in [0.3, 0.4) is 0 Å². The summed E-state index contributed by atoms with van der Waals surface area (Å²) in [6, 6.07) is 28.5. The van der Waals surface area contributed by atoms with E-state index < -0.39 is 0 Å². The SMILES string of the molecule is Cc1cc(CN(CCc2ccccn2)CCc2ccccn2)c(O)c(CN(CCc2ccccn2)CCc2ccccn2)c1. The fourth-order valence-corrected chi connectivity index (χ4v) is 5.47. The summed E-state index contributed by atoms with van der Waals surface area (Å²) in [5, 5.41) is 11.6. The quantitative estimate of drug-likeness (QED) is 0.155. The molecule has 5 aromatic rings. The maximum atomic E-state index is 11.6. The van der Waals surface area contributed by atoms with Gasteiger partial charge in [0.1, 0.15) is 5.75 Å². The molecule has 1 aromatic carbocycles. The molecular weight excluding hydrogens is 544 g/mol. The molecule has 4 aromatic heterocycles. The number of pyridine rings is 4. The molecule has 0 saturated heterocycles. The van der Waals surface area contributed by atoms with Gasteiger partial charge in [-0.3, -0.25) is 29.7 Å². The number of benzene rings is 1. The van der Waals surface area contributed by atoms with Crippen LogP contribution < -0.4 is 0 Å². The Kier molecular flexibility index (Phi) is 11.6. The van der Waals surface area contributed by atoms with Crippen molar-refractivity contribution < 1.29 is 5.11 Å². The number of phenols is 1. The van der Waals surface area contributed by atoms with Crippen LogP contribution in [0.2, 0.25) is 0 Å². The van der Waals surface area contributed by atoms with Crippen LogP contribution in [-0.2, 0) is 38.8 Å². The van der Waals surface area contributed by atoms with Crippen molar-refractivity contribution in [1.29, 1.82) is 0 Å². The van der Waals surface area contributed by atoms with Gasteiger partial charge in [0.2, 0.25) is 0 Å². The largest absolute Gasteiger partial charge is 0.507 e. The van der Waals surface area contributed by atoms with E-state index in [-0.39, 0.29) is 0 Å². The smallest absolute Gasteiger partial charge is 0.124 e. The van der Waals surface area contributed by atoms with Gasteiger partial charge in [0.25, 0.3) is 0 Å². The molecule has 0 aliphatic rings. The summed E-state index contributed by atoms with van der Waals surface area (Å²) in [5.41, 5.74) is 7.34. The Hall–Kier alpha value is -4.46. The molecule has 0 atom stereocenters. The molecule has 7 nitrogen and oxygen atoms in total. The van der Waals surface area contributed by atoms with Crippen molar-refractivity contribution in [3.05, 3.63) is 149 Å². The van der Waals surface area contributed by atoms with Crippen LogP contribution in [0.25, 0.3) is 0 Å². The fraction of sp³-hybridized carbons (Fsp3) is 0.297. The van der Waals surface area contributed by atoms with Gasteiger partial charge in [-0.05, 0) is 55.5 Å². The normalized spacial score (nSPS) is 11.3. The van der Waals surface area contributed by atoms with E-state index in [9.17, 15) is 5.11 Å². The average molecular weight is 587 g/mol. The highest BCUT2D eigenvalue weighted by molar-refractivity contribution is 5.43. The number of nitrogens with zero attached hydrogens (tertiary/aromatic N) is 6. The van der Waals surface area contributed by atoms with Crippen molar-refractivity contribution >= 4 is 0 Å². The summed E-state index contributed by atoms with van der Waals surface area (Å²) >= 11 is 0. The summed E-state index contributed by atoms with van der Waals surface area (Å²) in [7, 11) is 0. The monoisotopic (exact) mass is 586 g/mol. The van der Waals surface area contributed by atoms with Crippen molar-refractivity contribution in [3.8, 4) is 5.75 Å². The highest BCUT2D eigenvalue weighted by atomic mass is 16.3. The van der Waals surface area contributed by atoms with Crippen molar-refractivity contribution in [2.24, 2.45) is 0 Å². The molecule has 4 heterocycles. The number of hydrogen-bond donors (Lipinski definition) is 1. The van der Waals surface area contributed by atoms with E-state index in [0.717, 1.165) is 91.3 Å². The predicted molar refractivity (Wildman–Crippen MR) is 175 cm³/mol. The minimum atomic E-state index is 0.386. The van der Waals surface area contributed by atoms with Gasteiger partial charge in [0, 0.05) is 124 Å². The van der Waals surface area contributed by atoms with E-state index in [1.165, 1.54) is 0 Å². The molecule has 0 radical (unpaired) electrons. The maximum Gasteiger partial charge on any atom is 0.124 e. The molecule has 0 bridgehead atoms. The maximum absolute atomic E-state index is 11.6. The first-order valence-electron chi connectivity index (χ1n) is 15.5. The first kappa shape index (κ1) is 31.0. The van der Waals surface area contributed by atoms with Gasteiger partial charge in [-0.15, -0.1) is 0 Å². The van der Waals surface area contributed by atoms with E-state index in [0.29, 0.717) is 18.8 Å². The first-order valence-corrected chi connectivity index (χ1v) is 15.5. The second-order valence-electron chi connectivity index (χ2n) is 11.3. The fourth-order valence-electron chi connectivity index (χ4n) is 5.47. The number of aromatic hydroxyl groups is 1. The van der Waals surface area contributed by atoms with Crippen LogP contribution in [0.5, 0.6) is 5.75 Å². The Balaban J connectivity index is 1.32. The van der Waals surface area contributed by atoms with E-state index >= 15 is 0 Å². The summed E-state index contributed by atoms with van der Waals surface area (Å²) < 4.78 is 0. The molecule has 1 N–H and O–H groups in total. The Morgan fingerprint density at radius 1 is 0.500 bits per heavy atom. The molecule has 0 saturated carbocycles. The summed E-state index contributed by atoms with van der Waals surface area (Å²) in [6.07, 6.45) is 10.8. The van der Waals surface area contributed by atoms with Crippen molar-refractivity contribution in [2.75, 3.05) is 26.2 Å². The van der Waals surface area contributed by atoms with Crippen LogP contribution >= 0.6 is 0 Å². The highest BCUT2D eigenvalue weighted by Crippen LogP contribution is 2.28. The first-order chi connectivity index (χ1) is 21.6. The zero-order valence-electron chi connectivity index (χ0n) is 25.6. The summed E-state index contributed by atoms with van der Waals surface area (Å²) in [4.78, 5) is 22.9. The van der Waals surface area contributed by atoms with Gasteiger partial charge in [-0.25, -0.2) is 0 Å². The summed E-state index contributed by atoms with van der Waals surface area (Å²) in [5.74, 6) is 0.386. The van der Waals surface area contributed by atoms with Crippen LogP contribution in [-0.4, -0.2) is 61.0 Å². The van der Waals surface area contributed by atoms with Gasteiger partial charge in [0.15, 0.2) is 0 Å². The van der Waals surface area contributed by atoms with E-state index in [4.69, 9.17) is 0 Å². The van der Waals surface area contributed by atoms with Crippen LogP contribution in [0.4, 0.5) is 0 Å². The highest BCUT2D eigenvalue weighted by Gasteiger charge is 2.17. The topological polar surface area (TPSA) is 78.3 Å². The zero-order valence-corrected chi connectivity index (χ0v) is 25.6. The molecule has 0 aliphatic heterocycles. The lowest BCUT2D eigenvalue weighted by atomic mass is 10.0. The lowest BCUT2D eigenvalue weighted by Gasteiger charge is -2.26. The average Bonchev–Trinajstić information content (AvgIpc) is 3.07. The molecule has 44 heavy (non-hydrogen) atoms. The number of rotatable bonds is 16. The molecular formula is C37H42N6O. The molecule has 0 fully saturated rings.